The number of carbonyl (C=O) groups is 5. The molecule has 0 aliphatic carbocycles. The minimum Gasteiger partial charge on any atom is -0.478 e. The molecule has 0 saturated carbocycles. The van der Waals surface area contributed by atoms with Crippen LogP contribution in [-0.4, -0.2) is 45.2 Å². The smallest absolute Gasteiger partial charge is 0.343 e. The average Bonchev–Trinajstić information content (AvgIpc) is 2.79. The zero-order valence-corrected chi connectivity index (χ0v) is 16.6. The predicted molar refractivity (Wildman–Crippen MR) is 110 cm³/mol. The maximum absolute atomic E-state index is 12.4. The summed E-state index contributed by atoms with van der Waals surface area (Å²) < 4.78 is 10.2. The maximum atomic E-state index is 12.4. The van der Waals surface area contributed by atoms with Crippen LogP contribution in [0.25, 0.3) is 0 Å². The van der Waals surface area contributed by atoms with Crippen LogP contribution < -0.4 is 9.47 Å². The van der Waals surface area contributed by atoms with Crippen molar-refractivity contribution in [3.63, 3.8) is 0 Å². The van der Waals surface area contributed by atoms with Gasteiger partial charge in [0.05, 0.1) is 22.3 Å². The number of ether oxygens (including phenoxy) is 2. The van der Waals surface area contributed by atoms with Gasteiger partial charge in [0.1, 0.15) is 17.1 Å². The Hall–Kier alpha value is -4.99. The van der Waals surface area contributed by atoms with E-state index in [1.165, 1.54) is 42.5 Å². The molecule has 166 valence electrons. The molecule has 0 unspecified atom stereocenters. The third kappa shape index (κ3) is 5.20. The highest BCUT2D eigenvalue weighted by molar-refractivity contribution is 6.00. The molecule has 3 aromatic carbocycles. The summed E-state index contributed by atoms with van der Waals surface area (Å²) in [7, 11) is 0. The van der Waals surface area contributed by atoms with Gasteiger partial charge in [0, 0.05) is 0 Å². The van der Waals surface area contributed by atoms with Crippen LogP contribution in [0.5, 0.6) is 11.5 Å². The number of carboxylic acid groups (broad SMARTS) is 3. The highest BCUT2D eigenvalue weighted by atomic mass is 16.5. The Labute approximate surface area is 185 Å². The largest absolute Gasteiger partial charge is 0.478 e. The molecular weight excluding hydrogens is 436 g/mol. The summed E-state index contributed by atoms with van der Waals surface area (Å²) in [6, 6.07) is 13.5. The lowest BCUT2D eigenvalue weighted by molar-refractivity contribution is 0.0662. The molecule has 33 heavy (non-hydrogen) atoms. The van der Waals surface area contributed by atoms with E-state index in [1.807, 2.05) is 0 Å². The Morgan fingerprint density at radius 1 is 0.515 bits per heavy atom. The molecule has 3 rings (SSSR count). The molecule has 0 aromatic heterocycles. The monoisotopic (exact) mass is 450 g/mol. The number of aromatic carboxylic acids is 3. The number of hydrogen-bond acceptors (Lipinski definition) is 7. The summed E-state index contributed by atoms with van der Waals surface area (Å²) in [5.74, 6) is -7.06. The first-order valence-corrected chi connectivity index (χ1v) is 9.14. The molecule has 10 heteroatoms. The van der Waals surface area contributed by atoms with Crippen LogP contribution in [0.2, 0.25) is 0 Å². The fraction of sp³-hybridized carbons (Fsp3) is 0. The molecule has 0 aliphatic rings. The fourth-order valence-corrected chi connectivity index (χ4v) is 2.77. The van der Waals surface area contributed by atoms with Gasteiger partial charge in [-0.3, -0.25) is 0 Å². The van der Waals surface area contributed by atoms with Gasteiger partial charge >= 0.3 is 29.8 Å². The zero-order valence-electron chi connectivity index (χ0n) is 16.6. The highest BCUT2D eigenvalue weighted by Gasteiger charge is 2.23. The molecule has 10 nitrogen and oxygen atoms in total. The van der Waals surface area contributed by atoms with Crippen LogP contribution in [0.3, 0.4) is 0 Å². The van der Waals surface area contributed by atoms with Gasteiger partial charge in [-0.2, -0.15) is 0 Å². The van der Waals surface area contributed by atoms with Gasteiger partial charge in [-0.1, -0.05) is 18.2 Å². The highest BCUT2D eigenvalue weighted by Crippen LogP contribution is 2.30. The van der Waals surface area contributed by atoms with E-state index in [2.05, 4.69) is 0 Å². The van der Waals surface area contributed by atoms with E-state index in [9.17, 15) is 29.1 Å². The van der Waals surface area contributed by atoms with Crippen LogP contribution in [0.1, 0.15) is 51.8 Å². The van der Waals surface area contributed by atoms with Gasteiger partial charge in [-0.25, -0.2) is 24.0 Å². The molecule has 0 spiro atoms. The molecule has 0 fully saturated rings. The molecule has 0 saturated heterocycles. The second-order valence-electron chi connectivity index (χ2n) is 6.49. The lowest BCUT2D eigenvalue weighted by Gasteiger charge is -2.12. The summed E-state index contributed by atoms with van der Waals surface area (Å²) in [4.78, 5) is 58.9. The fourth-order valence-electron chi connectivity index (χ4n) is 2.77. The van der Waals surface area contributed by atoms with Gasteiger partial charge in [0.25, 0.3) is 0 Å². The minimum atomic E-state index is -1.57. The SMILES string of the molecule is O=C(O)c1cccc(C(=O)Oc2cccc(OC(=O)c3cccc(C(=O)O)c3)c2C(=O)O)c1. The molecule has 0 amide bonds. The van der Waals surface area contributed by atoms with Crippen molar-refractivity contribution < 1.29 is 48.8 Å². The Bertz CT molecular complexity index is 1200. The van der Waals surface area contributed by atoms with Crippen LogP contribution >= 0.6 is 0 Å². The predicted octanol–water partition coefficient (Wildman–Crippen LogP) is 3.22. The Morgan fingerprint density at radius 3 is 1.24 bits per heavy atom. The second-order valence-corrected chi connectivity index (χ2v) is 6.49. The number of carbonyl (C=O) groups excluding carboxylic acids is 2. The molecule has 0 radical (unpaired) electrons. The Morgan fingerprint density at radius 2 is 0.879 bits per heavy atom. The molecule has 0 bridgehead atoms. The Kier molecular flexibility index (Phi) is 6.49. The van der Waals surface area contributed by atoms with Crippen LogP contribution in [-0.2, 0) is 0 Å². The van der Waals surface area contributed by atoms with Crippen molar-refractivity contribution in [3.05, 3.63) is 94.5 Å². The number of hydrogen-bond donors (Lipinski definition) is 3. The zero-order chi connectivity index (χ0) is 24.1. The maximum Gasteiger partial charge on any atom is 0.343 e. The molecule has 3 aromatic rings. The van der Waals surface area contributed by atoms with Crippen molar-refractivity contribution in [3.8, 4) is 11.5 Å². The minimum absolute atomic E-state index is 0.140. The second kappa shape index (κ2) is 9.43. The van der Waals surface area contributed by atoms with Crippen LogP contribution in [0, 0.1) is 0 Å². The first kappa shape index (κ1) is 22.7. The standard InChI is InChI=1S/C23H14O10/c24-19(25)12-4-1-6-14(10-12)22(30)32-16-8-3-9-17(18(16)21(28)29)33-23(31)15-7-2-5-13(11-15)20(26)27/h1-11H,(H,24,25)(H,26,27)(H,28,29). The number of benzene rings is 3. The normalized spacial score (nSPS) is 10.2. The van der Waals surface area contributed by atoms with E-state index >= 15 is 0 Å². The summed E-state index contributed by atoms with van der Waals surface area (Å²) in [5.41, 5.74) is -1.26. The third-order valence-corrected chi connectivity index (χ3v) is 4.30. The van der Waals surface area contributed by atoms with Crippen molar-refractivity contribution in [1.82, 2.24) is 0 Å². The first-order chi connectivity index (χ1) is 15.7. The van der Waals surface area contributed by atoms with E-state index in [4.69, 9.17) is 19.7 Å². The Balaban J connectivity index is 1.91. The lowest BCUT2D eigenvalue weighted by Crippen LogP contribution is -2.15. The van der Waals surface area contributed by atoms with Gasteiger partial charge < -0.3 is 24.8 Å². The van der Waals surface area contributed by atoms with Gasteiger partial charge in [-0.15, -0.1) is 0 Å². The molecule has 0 heterocycles. The molecular formula is C23H14O10. The average molecular weight is 450 g/mol. The van der Waals surface area contributed by atoms with Crippen molar-refractivity contribution in [2.24, 2.45) is 0 Å². The van der Waals surface area contributed by atoms with Crippen LogP contribution in [0.4, 0.5) is 0 Å². The van der Waals surface area contributed by atoms with E-state index in [1.54, 1.807) is 0 Å². The van der Waals surface area contributed by atoms with E-state index in [-0.39, 0.29) is 22.3 Å². The third-order valence-electron chi connectivity index (χ3n) is 4.30. The molecule has 3 N–H and O–H groups in total. The first-order valence-electron chi connectivity index (χ1n) is 9.14. The van der Waals surface area contributed by atoms with E-state index < -0.39 is 46.9 Å². The van der Waals surface area contributed by atoms with Gasteiger partial charge in [-0.05, 0) is 48.5 Å². The quantitative estimate of drug-likeness (QED) is 0.359. The number of carboxylic acids is 3. The van der Waals surface area contributed by atoms with Crippen molar-refractivity contribution in [2.45, 2.75) is 0 Å². The number of rotatable bonds is 7. The van der Waals surface area contributed by atoms with Gasteiger partial charge in [0.2, 0.25) is 0 Å². The number of esters is 2. The summed E-state index contributed by atoms with van der Waals surface area (Å²) in [5, 5.41) is 27.7. The topological polar surface area (TPSA) is 164 Å². The van der Waals surface area contributed by atoms with Crippen molar-refractivity contribution in [2.75, 3.05) is 0 Å². The molecule has 0 atom stereocenters. The summed E-state index contributed by atoms with van der Waals surface area (Å²) in [6.45, 7) is 0. The lowest BCUT2D eigenvalue weighted by atomic mass is 10.1. The van der Waals surface area contributed by atoms with E-state index in [0.29, 0.717) is 0 Å². The molecule has 0 aliphatic heterocycles. The van der Waals surface area contributed by atoms with Crippen LogP contribution in [0.15, 0.2) is 66.7 Å². The van der Waals surface area contributed by atoms with Gasteiger partial charge in [0.15, 0.2) is 0 Å². The van der Waals surface area contributed by atoms with E-state index in [0.717, 1.165) is 24.3 Å². The van der Waals surface area contributed by atoms with Crippen molar-refractivity contribution in [1.29, 1.82) is 0 Å². The summed E-state index contributed by atoms with van der Waals surface area (Å²) in [6.07, 6.45) is 0. The summed E-state index contributed by atoms with van der Waals surface area (Å²) >= 11 is 0. The van der Waals surface area contributed by atoms with Crippen molar-refractivity contribution >= 4 is 29.8 Å².